The van der Waals surface area contributed by atoms with E-state index in [-0.39, 0.29) is 29.1 Å². The van der Waals surface area contributed by atoms with Gasteiger partial charge in [-0.05, 0) is 74.6 Å². The van der Waals surface area contributed by atoms with Crippen LogP contribution in [0, 0.1) is 0 Å². The van der Waals surface area contributed by atoms with Crippen LogP contribution in [0.5, 0.6) is 5.75 Å². The number of hydrogen-bond donors (Lipinski definition) is 1. The highest BCUT2D eigenvalue weighted by Crippen LogP contribution is 2.33. The van der Waals surface area contributed by atoms with Gasteiger partial charge in [-0.25, -0.2) is 8.42 Å². The molecule has 1 aliphatic carbocycles. The molecule has 4 rings (SSSR count). The van der Waals surface area contributed by atoms with Gasteiger partial charge in [-0.1, -0.05) is 73.8 Å². The van der Waals surface area contributed by atoms with Crippen LogP contribution in [-0.4, -0.2) is 56.9 Å². The zero-order valence-corrected chi connectivity index (χ0v) is 26.3. The third kappa shape index (κ3) is 8.30. The lowest BCUT2D eigenvalue weighted by atomic mass is 10.1. The molecule has 8 nitrogen and oxygen atoms in total. The smallest absolute Gasteiger partial charge is 0.264 e. The predicted octanol–water partition coefficient (Wildman–Crippen LogP) is 5.84. The van der Waals surface area contributed by atoms with Crippen LogP contribution in [0.4, 0.5) is 5.69 Å². The molecule has 230 valence electrons. The Labute approximate surface area is 260 Å². The van der Waals surface area contributed by atoms with Gasteiger partial charge in [0.25, 0.3) is 10.0 Å². The molecule has 43 heavy (non-hydrogen) atoms. The molecule has 3 aromatic rings. The van der Waals surface area contributed by atoms with E-state index in [1.807, 2.05) is 37.3 Å². The summed E-state index contributed by atoms with van der Waals surface area (Å²) in [7, 11) is -4.23. The largest absolute Gasteiger partial charge is 0.492 e. The van der Waals surface area contributed by atoms with Crippen molar-refractivity contribution < 1.29 is 22.7 Å². The number of amides is 2. The van der Waals surface area contributed by atoms with Gasteiger partial charge in [0.05, 0.1) is 17.2 Å². The Bertz CT molecular complexity index is 1460. The van der Waals surface area contributed by atoms with Gasteiger partial charge in [-0.2, -0.15) is 0 Å². The standard InChI is InChI=1S/C33H40ClN3O5S/c1-3-29(33(39)35-27-14-8-9-15-27)36(23-22-25-12-6-5-7-13-25)32(38)24-37(30-16-10-11-17-31(30)42-4-2)43(40,41)28-20-18-26(34)19-21-28/h5-7,10-13,16-21,27,29H,3-4,8-9,14-15,22-24H2,1-2H3,(H,35,39). The van der Waals surface area contributed by atoms with Crippen LogP contribution in [0.2, 0.25) is 5.02 Å². The molecule has 0 bridgehead atoms. The number of nitrogens with one attached hydrogen (secondary N) is 1. The third-order valence-corrected chi connectivity index (χ3v) is 9.71. The van der Waals surface area contributed by atoms with Gasteiger partial charge in [0.15, 0.2) is 0 Å². The maximum Gasteiger partial charge on any atom is 0.264 e. The van der Waals surface area contributed by atoms with Gasteiger partial charge in [0.2, 0.25) is 11.8 Å². The van der Waals surface area contributed by atoms with Crippen molar-refractivity contribution in [3.63, 3.8) is 0 Å². The van der Waals surface area contributed by atoms with Crippen molar-refractivity contribution in [2.45, 2.75) is 69.4 Å². The predicted molar refractivity (Wildman–Crippen MR) is 170 cm³/mol. The second-order valence-corrected chi connectivity index (χ2v) is 12.9. The number of sulfonamides is 1. The molecule has 2 amide bonds. The van der Waals surface area contributed by atoms with E-state index in [0.29, 0.717) is 30.2 Å². The van der Waals surface area contributed by atoms with E-state index in [1.165, 1.54) is 29.2 Å². The van der Waals surface area contributed by atoms with Gasteiger partial charge < -0.3 is 15.0 Å². The van der Waals surface area contributed by atoms with Crippen molar-refractivity contribution >= 4 is 39.1 Å². The van der Waals surface area contributed by atoms with Crippen molar-refractivity contribution in [3.05, 3.63) is 89.4 Å². The lowest BCUT2D eigenvalue weighted by molar-refractivity contribution is -0.139. The van der Waals surface area contributed by atoms with Gasteiger partial charge in [-0.3, -0.25) is 13.9 Å². The molecule has 1 unspecified atom stereocenters. The second-order valence-electron chi connectivity index (χ2n) is 10.6. The van der Waals surface area contributed by atoms with E-state index < -0.39 is 28.5 Å². The van der Waals surface area contributed by atoms with E-state index in [9.17, 15) is 18.0 Å². The molecule has 0 heterocycles. The Kier molecular flexibility index (Phi) is 11.5. The Balaban J connectivity index is 1.71. The summed E-state index contributed by atoms with van der Waals surface area (Å²) in [6.07, 6.45) is 4.87. The lowest BCUT2D eigenvalue weighted by Crippen LogP contribution is -2.54. The van der Waals surface area contributed by atoms with Crippen molar-refractivity contribution in [1.29, 1.82) is 0 Å². The van der Waals surface area contributed by atoms with Crippen LogP contribution in [0.15, 0.2) is 83.8 Å². The normalized spacial score (nSPS) is 14.2. The highest BCUT2D eigenvalue weighted by molar-refractivity contribution is 7.92. The Hall–Kier alpha value is -3.56. The summed E-state index contributed by atoms with van der Waals surface area (Å²) in [5.41, 5.74) is 1.25. The zero-order chi connectivity index (χ0) is 30.8. The van der Waals surface area contributed by atoms with Crippen molar-refractivity contribution in [2.75, 3.05) is 24.0 Å². The molecule has 1 N–H and O–H groups in total. The zero-order valence-electron chi connectivity index (χ0n) is 24.7. The van der Waals surface area contributed by atoms with Crippen LogP contribution in [-0.2, 0) is 26.0 Å². The quantitative estimate of drug-likeness (QED) is 0.243. The number of halogens is 1. The minimum absolute atomic E-state index is 0.0159. The maximum absolute atomic E-state index is 14.3. The van der Waals surface area contributed by atoms with Crippen LogP contribution in [0.25, 0.3) is 0 Å². The number of nitrogens with zero attached hydrogens (tertiary/aromatic N) is 2. The summed E-state index contributed by atoms with van der Waals surface area (Å²) in [6, 6.07) is 21.6. The molecule has 3 aromatic carbocycles. The van der Waals surface area contributed by atoms with Crippen LogP contribution >= 0.6 is 11.6 Å². The summed E-state index contributed by atoms with van der Waals surface area (Å²) < 4.78 is 35.1. The van der Waals surface area contributed by atoms with E-state index in [0.717, 1.165) is 35.6 Å². The first-order valence-corrected chi connectivity index (χ1v) is 16.7. The summed E-state index contributed by atoms with van der Waals surface area (Å²) in [5.74, 6) is -0.358. The number of rotatable bonds is 14. The minimum atomic E-state index is -4.23. The molecule has 10 heteroatoms. The first kappa shape index (κ1) is 32.4. The van der Waals surface area contributed by atoms with Crippen LogP contribution in [0.3, 0.4) is 0 Å². The Morgan fingerprint density at radius 2 is 1.60 bits per heavy atom. The summed E-state index contributed by atoms with van der Waals surface area (Å²) in [6.45, 7) is 3.72. The highest BCUT2D eigenvalue weighted by Gasteiger charge is 2.35. The molecule has 0 saturated heterocycles. The highest BCUT2D eigenvalue weighted by atomic mass is 35.5. The third-order valence-electron chi connectivity index (χ3n) is 7.69. The number of benzene rings is 3. The molecule has 1 fully saturated rings. The molecule has 0 spiro atoms. The van der Waals surface area contributed by atoms with E-state index >= 15 is 0 Å². The van der Waals surface area contributed by atoms with Gasteiger partial charge in [-0.15, -0.1) is 0 Å². The van der Waals surface area contributed by atoms with Gasteiger partial charge in [0, 0.05) is 17.6 Å². The van der Waals surface area contributed by atoms with Crippen LogP contribution in [0.1, 0.15) is 51.5 Å². The van der Waals surface area contributed by atoms with Gasteiger partial charge in [0.1, 0.15) is 18.3 Å². The molecule has 1 saturated carbocycles. The molecule has 0 radical (unpaired) electrons. The molecule has 0 aliphatic heterocycles. The topological polar surface area (TPSA) is 96.0 Å². The molecular formula is C33H40ClN3O5S. The van der Waals surface area contributed by atoms with E-state index in [2.05, 4.69) is 5.32 Å². The number of hydrogen-bond acceptors (Lipinski definition) is 5. The van der Waals surface area contributed by atoms with Crippen molar-refractivity contribution in [3.8, 4) is 5.75 Å². The lowest BCUT2D eigenvalue weighted by Gasteiger charge is -2.34. The number of anilines is 1. The molecular weight excluding hydrogens is 586 g/mol. The van der Waals surface area contributed by atoms with Crippen molar-refractivity contribution in [1.82, 2.24) is 10.2 Å². The average Bonchev–Trinajstić information content (AvgIpc) is 3.52. The minimum Gasteiger partial charge on any atom is -0.492 e. The fourth-order valence-electron chi connectivity index (χ4n) is 5.45. The Morgan fingerprint density at radius 3 is 2.26 bits per heavy atom. The molecule has 1 aliphatic rings. The first-order valence-electron chi connectivity index (χ1n) is 14.9. The van der Waals surface area contributed by atoms with Gasteiger partial charge >= 0.3 is 0 Å². The number of ether oxygens (including phenoxy) is 1. The molecule has 0 aromatic heterocycles. The average molecular weight is 626 g/mol. The summed E-state index contributed by atoms with van der Waals surface area (Å²) in [4.78, 5) is 29.3. The maximum atomic E-state index is 14.3. The number of para-hydroxylation sites is 2. The van der Waals surface area contributed by atoms with Crippen LogP contribution < -0.4 is 14.4 Å². The second kappa shape index (κ2) is 15.3. The number of carbonyl (C=O) groups is 2. The van der Waals surface area contributed by atoms with E-state index in [1.54, 1.807) is 31.2 Å². The summed E-state index contributed by atoms with van der Waals surface area (Å²) >= 11 is 6.05. The van der Waals surface area contributed by atoms with Crippen molar-refractivity contribution in [2.24, 2.45) is 0 Å². The molecule has 1 atom stereocenters. The first-order chi connectivity index (χ1) is 20.7. The Morgan fingerprint density at radius 1 is 0.953 bits per heavy atom. The van der Waals surface area contributed by atoms with E-state index in [4.69, 9.17) is 16.3 Å². The summed E-state index contributed by atoms with van der Waals surface area (Å²) in [5, 5.41) is 3.53. The monoisotopic (exact) mass is 625 g/mol. The fraction of sp³-hybridized carbons (Fsp3) is 0.394. The fourth-order valence-corrected chi connectivity index (χ4v) is 7.00. The number of carbonyl (C=O) groups excluding carboxylic acids is 2. The SMILES string of the molecule is CCOc1ccccc1N(CC(=O)N(CCc1ccccc1)C(CC)C(=O)NC1CCCC1)S(=O)(=O)c1ccc(Cl)cc1.